The number of thioether (sulfide) groups is 1. The van der Waals surface area contributed by atoms with Gasteiger partial charge in [-0.15, -0.1) is 11.3 Å². The van der Waals surface area contributed by atoms with Crippen LogP contribution < -0.4 is 5.32 Å². The van der Waals surface area contributed by atoms with Crippen LogP contribution in [0.5, 0.6) is 0 Å². The van der Waals surface area contributed by atoms with Crippen LogP contribution in [0.2, 0.25) is 0 Å². The number of nitrogens with one attached hydrogen (secondary N) is 1. The fourth-order valence-electron chi connectivity index (χ4n) is 1.11. The van der Waals surface area contributed by atoms with Gasteiger partial charge in [-0.05, 0) is 19.1 Å². The number of aromatic nitrogens is 1. The number of hydrogen-bond donors (Lipinski definition) is 1. The van der Waals surface area contributed by atoms with Crippen LogP contribution in [0.15, 0.2) is 5.38 Å². The SMILES string of the molecule is CCSCc1nc(CNC(C)CC)cs1. The number of nitrogens with zero attached hydrogens (tertiary/aromatic N) is 1. The summed E-state index contributed by atoms with van der Waals surface area (Å²) < 4.78 is 0. The zero-order valence-electron chi connectivity index (χ0n) is 9.75. The molecule has 1 aromatic heterocycles. The molecule has 0 aromatic carbocycles. The molecule has 0 aliphatic heterocycles. The van der Waals surface area contributed by atoms with Crippen LogP contribution in [-0.2, 0) is 12.3 Å². The van der Waals surface area contributed by atoms with E-state index in [1.54, 1.807) is 11.3 Å². The minimum absolute atomic E-state index is 0.583. The van der Waals surface area contributed by atoms with Crippen LogP contribution in [0.25, 0.3) is 0 Å². The molecule has 0 fully saturated rings. The standard InChI is InChI=1S/C11H20N2S2/c1-4-9(3)12-6-10-7-15-11(13-10)8-14-5-2/h7,9,12H,4-6,8H2,1-3H3. The van der Waals surface area contributed by atoms with E-state index in [4.69, 9.17) is 0 Å². The summed E-state index contributed by atoms with van der Waals surface area (Å²) >= 11 is 3.71. The molecule has 0 aliphatic carbocycles. The van der Waals surface area contributed by atoms with Crippen LogP contribution in [-0.4, -0.2) is 16.8 Å². The first-order chi connectivity index (χ1) is 7.26. The van der Waals surface area contributed by atoms with Crippen LogP contribution in [0.3, 0.4) is 0 Å². The third-order valence-corrected chi connectivity index (χ3v) is 4.24. The van der Waals surface area contributed by atoms with Gasteiger partial charge < -0.3 is 5.32 Å². The third kappa shape index (κ3) is 5.00. The van der Waals surface area contributed by atoms with Crippen LogP contribution in [0, 0.1) is 0 Å². The highest BCUT2D eigenvalue weighted by atomic mass is 32.2. The van der Waals surface area contributed by atoms with E-state index in [2.05, 4.69) is 36.5 Å². The zero-order valence-corrected chi connectivity index (χ0v) is 11.4. The molecule has 4 heteroatoms. The maximum Gasteiger partial charge on any atom is 0.103 e. The lowest BCUT2D eigenvalue weighted by Crippen LogP contribution is -2.24. The Balaban J connectivity index is 2.32. The summed E-state index contributed by atoms with van der Waals surface area (Å²) in [6, 6.07) is 0.583. The van der Waals surface area contributed by atoms with Gasteiger partial charge in [0.25, 0.3) is 0 Å². The Morgan fingerprint density at radius 3 is 3.00 bits per heavy atom. The lowest BCUT2D eigenvalue weighted by atomic mass is 10.2. The van der Waals surface area contributed by atoms with Crippen LogP contribution in [0.4, 0.5) is 0 Å². The van der Waals surface area contributed by atoms with Gasteiger partial charge in [0.15, 0.2) is 0 Å². The third-order valence-electron chi connectivity index (χ3n) is 2.27. The normalized spacial score (nSPS) is 13.0. The molecule has 0 radical (unpaired) electrons. The van der Waals surface area contributed by atoms with Gasteiger partial charge in [-0.25, -0.2) is 4.98 Å². The quantitative estimate of drug-likeness (QED) is 0.797. The van der Waals surface area contributed by atoms with Crippen molar-refractivity contribution in [2.75, 3.05) is 5.75 Å². The number of hydrogen-bond acceptors (Lipinski definition) is 4. The summed E-state index contributed by atoms with van der Waals surface area (Å²) in [5.74, 6) is 2.23. The summed E-state index contributed by atoms with van der Waals surface area (Å²) in [4.78, 5) is 4.59. The maximum atomic E-state index is 4.59. The Kier molecular flexibility index (Phi) is 6.29. The summed E-state index contributed by atoms with van der Waals surface area (Å²) in [7, 11) is 0. The average molecular weight is 244 g/mol. The van der Waals surface area contributed by atoms with Crippen molar-refractivity contribution in [3.05, 3.63) is 16.1 Å². The first kappa shape index (κ1) is 13.0. The molecule has 1 N–H and O–H groups in total. The molecule has 15 heavy (non-hydrogen) atoms. The lowest BCUT2D eigenvalue weighted by Gasteiger charge is -2.08. The highest BCUT2D eigenvalue weighted by Crippen LogP contribution is 2.16. The molecule has 2 nitrogen and oxygen atoms in total. The summed E-state index contributed by atoms with van der Waals surface area (Å²) in [6.07, 6.45) is 1.17. The first-order valence-corrected chi connectivity index (χ1v) is 7.54. The molecule has 0 amide bonds. The van der Waals surface area contributed by atoms with Crippen molar-refractivity contribution in [1.29, 1.82) is 0 Å². The van der Waals surface area contributed by atoms with Crippen molar-refractivity contribution in [3.63, 3.8) is 0 Å². The predicted octanol–water partition coefficient (Wildman–Crippen LogP) is 3.28. The van der Waals surface area contributed by atoms with E-state index in [1.807, 2.05) is 11.8 Å². The average Bonchev–Trinajstić information content (AvgIpc) is 2.71. The van der Waals surface area contributed by atoms with E-state index in [9.17, 15) is 0 Å². The topological polar surface area (TPSA) is 24.9 Å². The number of thiazole rings is 1. The fraction of sp³-hybridized carbons (Fsp3) is 0.727. The Bertz CT molecular complexity index is 273. The highest BCUT2D eigenvalue weighted by molar-refractivity contribution is 7.98. The molecule has 86 valence electrons. The monoisotopic (exact) mass is 244 g/mol. The Hall–Kier alpha value is -0.0600. The van der Waals surface area contributed by atoms with E-state index in [0.29, 0.717) is 6.04 Å². The number of rotatable bonds is 7. The molecule has 0 saturated carbocycles. The van der Waals surface area contributed by atoms with Crippen LogP contribution >= 0.6 is 23.1 Å². The van der Waals surface area contributed by atoms with E-state index in [0.717, 1.165) is 12.3 Å². The van der Waals surface area contributed by atoms with E-state index >= 15 is 0 Å². The van der Waals surface area contributed by atoms with Crippen molar-refractivity contribution >= 4 is 23.1 Å². The highest BCUT2D eigenvalue weighted by Gasteiger charge is 2.03. The second-order valence-electron chi connectivity index (χ2n) is 3.56. The molecule has 1 aromatic rings. The molecule has 0 saturated heterocycles. The molecular weight excluding hydrogens is 224 g/mol. The predicted molar refractivity (Wildman–Crippen MR) is 70.5 cm³/mol. The van der Waals surface area contributed by atoms with E-state index in [-0.39, 0.29) is 0 Å². The van der Waals surface area contributed by atoms with Crippen molar-refractivity contribution in [2.45, 2.75) is 45.5 Å². The summed E-state index contributed by atoms with van der Waals surface area (Å²) in [6.45, 7) is 7.49. The van der Waals surface area contributed by atoms with Gasteiger partial charge in [0.1, 0.15) is 5.01 Å². The Morgan fingerprint density at radius 2 is 2.33 bits per heavy atom. The van der Waals surface area contributed by atoms with Gasteiger partial charge in [-0.3, -0.25) is 0 Å². The molecular formula is C11H20N2S2. The Labute approximate surface area is 101 Å². The van der Waals surface area contributed by atoms with Gasteiger partial charge in [0.05, 0.1) is 5.69 Å². The molecule has 1 rings (SSSR count). The van der Waals surface area contributed by atoms with Crippen molar-refractivity contribution < 1.29 is 0 Å². The minimum Gasteiger partial charge on any atom is -0.309 e. The Morgan fingerprint density at radius 1 is 1.53 bits per heavy atom. The molecule has 0 spiro atoms. The summed E-state index contributed by atoms with van der Waals surface area (Å²) in [5, 5.41) is 6.88. The van der Waals surface area contributed by atoms with E-state index < -0.39 is 0 Å². The van der Waals surface area contributed by atoms with Gasteiger partial charge in [-0.2, -0.15) is 11.8 Å². The first-order valence-electron chi connectivity index (χ1n) is 5.50. The summed E-state index contributed by atoms with van der Waals surface area (Å²) in [5.41, 5.74) is 1.19. The van der Waals surface area contributed by atoms with Gasteiger partial charge >= 0.3 is 0 Å². The molecule has 1 heterocycles. The maximum absolute atomic E-state index is 4.59. The van der Waals surface area contributed by atoms with Crippen molar-refractivity contribution in [1.82, 2.24) is 10.3 Å². The van der Waals surface area contributed by atoms with Gasteiger partial charge in [-0.1, -0.05) is 13.8 Å². The van der Waals surface area contributed by atoms with Crippen molar-refractivity contribution in [2.24, 2.45) is 0 Å². The molecule has 0 bridgehead atoms. The second-order valence-corrected chi connectivity index (χ2v) is 5.78. The molecule has 1 unspecified atom stereocenters. The van der Waals surface area contributed by atoms with Gasteiger partial charge in [0.2, 0.25) is 0 Å². The zero-order chi connectivity index (χ0) is 11.1. The molecule has 0 aliphatic rings. The smallest absolute Gasteiger partial charge is 0.103 e. The van der Waals surface area contributed by atoms with E-state index in [1.165, 1.54) is 22.9 Å². The molecule has 1 atom stereocenters. The lowest BCUT2D eigenvalue weighted by molar-refractivity contribution is 0.530. The van der Waals surface area contributed by atoms with Crippen molar-refractivity contribution in [3.8, 4) is 0 Å². The largest absolute Gasteiger partial charge is 0.309 e. The van der Waals surface area contributed by atoms with Crippen LogP contribution in [0.1, 0.15) is 37.9 Å². The van der Waals surface area contributed by atoms with Gasteiger partial charge in [0, 0.05) is 23.7 Å². The fourth-order valence-corrected chi connectivity index (χ4v) is 2.65. The second kappa shape index (κ2) is 7.25. The minimum atomic E-state index is 0.583.